The molecule has 0 aromatic heterocycles. The minimum atomic E-state index is -0.542. The van der Waals surface area contributed by atoms with Crippen molar-refractivity contribution in [3.8, 4) is 5.75 Å². The Labute approximate surface area is 153 Å². The number of aliphatic hydroxyl groups excluding tert-OH is 1. The maximum atomic E-state index is 12.2. The molecule has 0 aliphatic carbocycles. The number of carbonyl (C=O) groups excluding carboxylic acids is 1. The van der Waals surface area contributed by atoms with E-state index in [1.165, 1.54) is 0 Å². The van der Waals surface area contributed by atoms with E-state index in [2.05, 4.69) is 0 Å². The first-order chi connectivity index (χ1) is 11.7. The number of ether oxygens (including phenoxy) is 2. The normalized spacial score (nSPS) is 21.0. The summed E-state index contributed by atoms with van der Waals surface area (Å²) in [6, 6.07) is 3.80. The molecule has 2 aliphatic rings. The third-order valence-corrected chi connectivity index (χ3v) is 4.89. The second-order valence-corrected chi connectivity index (χ2v) is 8.33. The minimum Gasteiger partial charge on any atom is -0.493 e. The average Bonchev–Trinajstić information content (AvgIpc) is 3.14. The molecule has 1 fully saturated rings. The summed E-state index contributed by atoms with van der Waals surface area (Å²) in [5.41, 5.74) is 1.55. The molecular weight excluding hydrogens is 342 g/mol. The number of amides is 1. The van der Waals surface area contributed by atoms with Crippen molar-refractivity contribution in [2.45, 2.75) is 51.7 Å². The lowest BCUT2D eigenvalue weighted by atomic mass is 9.94. The number of likely N-dealkylation sites (tertiary alicyclic amines) is 1. The van der Waals surface area contributed by atoms with Crippen LogP contribution in [0, 0.1) is 5.92 Å². The van der Waals surface area contributed by atoms with E-state index in [9.17, 15) is 9.90 Å². The lowest BCUT2D eigenvalue weighted by molar-refractivity contribution is 0.0269. The molecular formula is C19H26ClNO4. The van der Waals surface area contributed by atoms with Gasteiger partial charge in [0.1, 0.15) is 11.4 Å². The number of hydrogen-bond acceptors (Lipinski definition) is 4. The summed E-state index contributed by atoms with van der Waals surface area (Å²) in [6.45, 7) is 7.35. The second kappa shape index (κ2) is 7.04. The van der Waals surface area contributed by atoms with Crippen LogP contribution in [0.25, 0.3) is 0 Å². The molecule has 0 saturated carbocycles. The Morgan fingerprint density at radius 3 is 2.96 bits per heavy atom. The highest BCUT2D eigenvalue weighted by molar-refractivity contribution is 6.30. The van der Waals surface area contributed by atoms with Crippen LogP contribution in [0.5, 0.6) is 5.75 Å². The molecule has 0 spiro atoms. The summed E-state index contributed by atoms with van der Waals surface area (Å²) in [5, 5.41) is 11.4. The third-order valence-electron chi connectivity index (χ3n) is 4.67. The van der Waals surface area contributed by atoms with Crippen molar-refractivity contribution in [1.82, 2.24) is 4.90 Å². The molecule has 0 radical (unpaired) electrons. The summed E-state index contributed by atoms with van der Waals surface area (Å²) in [4.78, 5) is 13.8. The van der Waals surface area contributed by atoms with Crippen LogP contribution in [0.3, 0.4) is 0 Å². The van der Waals surface area contributed by atoms with Gasteiger partial charge in [0.2, 0.25) is 0 Å². The molecule has 0 bridgehead atoms. The van der Waals surface area contributed by atoms with E-state index in [-0.39, 0.29) is 12.0 Å². The number of aliphatic hydroxyl groups is 1. The van der Waals surface area contributed by atoms with E-state index in [1.807, 2.05) is 32.9 Å². The fourth-order valence-electron chi connectivity index (χ4n) is 3.48. The van der Waals surface area contributed by atoms with E-state index < -0.39 is 11.7 Å². The molecule has 2 atom stereocenters. The van der Waals surface area contributed by atoms with Crippen molar-refractivity contribution < 1.29 is 19.4 Å². The van der Waals surface area contributed by atoms with Crippen molar-refractivity contribution in [1.29, 1.82) is 0 Å². The highest BCUT2D eigenvalue weighted by atomic mass is 35.5. The first-order valence-electron chi connectivity index (χ1n) is 8.83. The molecule has 6 heteroatoms. The molecule has 2 aliphatic heterocycles. The van der Waals surface area contributed by atoms with Gasteiger partial charge < -0.3 is 19.5 Å². The first kappa shape index (κ1) is 18.3. The second-order valence-electron chi connectivity index (χ2n) is 7.90. The van der Waals surface area contributed by atoms with Crippen LogP contribution in [0.1, 0.15) is 38.3 Å². The van der Waals surface area contributed by atoms with Gasteiger partial charge in [-0.15, -0.1) is 0 Å². The van der Waals surface area contributed by atoms with E-state index in [4.69, 9.17) is 21.1 Å². The SMILES string of the molecule is CC(C)(C)OC(=O)N1CCC(C(O)Cc2cc(Cl)cc3c2OCC3)C1. The molecule has 3 rings (SSSR count). The predicted octanol–water partition coefficient (Wildman–Crippen LogP) is 3.44. The van der Waals surface area contributed by atoms with Gasteiger partial charge in [0, 0.05) is 36.9 Å². The van der Waals surface area contributed by atoms with E-state index in [0.29, 0.717) is 31.1 Å². The van der Waals surface area contributed by atoms with Gasteiger partial charge in [0.25, 0.3) is 0 Å². The standard InChI is InChI=1S/C19H26ClNO4/c1-19(2,3)25-18(23)21-6-4-13(11-21)16(22)10-14-9-15(20)8-12-5-7-24-17(12)14/h8-9,13,16,22H,4-7,10-11H2,1-3H3. The fraction of sp³-hybridized carbons (Fsp3) is 0.632. The molecule has 1 amide bonds. The minimum absolute atomic E-state index is 0.0311. The highest BCUT2D eigenvalue weighted by Crippen LogP contribution is 2.35. The third kappa shape index (κ3) is 4.39. The van der Waals surface area contributed by atoms with E-state index in [0.717, 1.165) is 29.7 Å². The molecule has 1 aromatic rings. The summed E-state index contributed by atoms with van der Waals surface area (Å²) in [7, 11) is 0. The van der Waals surface area contributed by atoms with Crippen molar-refractivity contribution in [3.05, 3.63) is 28.3 Å². The average molecular weight is 368 g/mol. The van der Waals surface area contributed by atoms with Gasteiger partial charge >= 0.3 is 6.09 Å². The Morgan fingerprint density at radius 2 is 2.24 bits per heavy atom. The van der Waals surface area contributed by atoms with Crippen molar-refractivity contribution >= 4 is 17.7 Å². The molecule has 2 unspecified atom stereocenters. The molecule has 1 saturated heterocycles. The highest BCUT2D eigenvalue weighted by Gasteiger charge is 2.34. The smallest absolute Gasteiger partial charge is 0.410 e. The number of rotatable bonds is 3. The zero-order valence-corrected chi connectivity index (χ0v) is 15.8. The largest absolute Gasteiger partial charge is 0.493 e. The van der Waals surface area contributed by atoms with Gasteiger partial charge in [0.15, 0.2) is 0 Å². The predicted molar refractivity (Wildman–Crippen MR) is 96.3 cm³/mol. The zero-order chi connectivity index (χ0) is 18.2. The Bertz CT molecular complexity index is 656. The van der Waals surface area contributed by atoms with Crippen LogP contribution >= 0.6 is 11.6 Å². The summed E-state index contributed by atoms with van der Waals surface area (Å²) >= 11 is 6.19. The Hall–Kier alpha value is -1.46. The monoisotopic (exact) mass is 367 g/mol. The quantitative estimate of drug-likeness (QED) is 0.889. The van der Waals surface area contributed by atoms with E-state index in [1.54, 1.807) is 4.90 Å². The maximum Gasteiger partial charge on any atom is 0.410 e. The number of nitrogens with zero attached hydrogens (tertiary/aromatic N) is 1. The van der Waals surface area contributed by atoms with Gasteiger partial charge in [-0.05, 0) is 50.5 Å². The maximum absolute atomic E-state index is 12.2. The lowest BCUT2D eigenvalue weighted by Crippen LogP contribution is -2.36. The summed E-state index contributed by atoms with van der Waals surface area (Å²) < 4.78 is 11.1. The first-order valence-corrected chi connectivity index (χ1v) is 9.21. The molecule has 2 heterocycles. The van der Waals surface area contributed by atoms with Gasteiger partial charge in [-0.2, -0.15) is 0 Å². The Kier molecular flexibility index (Phi) is 5.16. The summed E-state index contributed by atoms with van der Waals surface area (Å²) in [6.07, 6.45) is 1.25. The zero-order valence-electron chi connectivity index (χ0n) is 15.0. The number of carbonyl (C=O) groups is 1. The van der Waals surface area contributed by atoms with E-state index >= 15 is 0 Å². The Morgan fingerprint density at radius 1 is 1.48 bits per heavy atom. The van der Waals surface area contributed by atoms with Crippen LogP contribution in [0.4, 0.5) is 4.79 Å². The van der Waals surface area contributed by atoms with Crippen LogP contribution < -0.4 is 4.74 Å². The van der Waals surface area contributed by atoms with Crippen molar-refractivity contribution in [3.63, 3.8) is 0 Å². The van der Waals surface area contributed by atoms with Crippen molar-refractivity contribution in [2.75, 3.05) is 19.7 Å². The topological polar surface area (TPSA) is 59.0 Å². The fourth-order valence-corrected chi connectivity index (χ4v) is 3.75. The number of fused-ring (bicyclic) bond motifs is 1. The molecule has 25 heavy (non-hydrogen) atoms. The van der Waals surface area contributed by atoms with Gasteiger partial charge in [-0.25, -0.2) is 4.79 Å². The molecule has 138 valence electrons. The van der Waals surface area contributed by atoms with Gasteiger partial charge in [-0.1, -0.05) is 11.6 Å². The number of benzene rings is 1. The van der Waals surface area contributed by atoms with Crippen LogP contribution in [0.2, 0.25) is 5.02 Å². The van der Waals surface area contributed by atoms with Gasteiger partial charge in [-0.3, -0.25) is 0 Å². The number of hydrogen-bond donors (Lipinski definition) is 1. The lowest BCUT2D eigenvalue weighted by Gasteiger charge is -2.25. The van der Waals surface area contributed by atoms with Crippen LogP contribution in [-0.4, -0.2) is 47.5 Å². The van der Waals surface area contributed by atoms with Crippen molar-refractivity contribution in [2.24, 2.45) is 5.92 Å². The molecule has 5 nitrogen and oxygen atoms in total. The summed E-state index contributed by atoms with van der Waals surface area (Å²) in [5.74, 6) is 0.897. The van der Waals surface area contributed by atoms with Gasteiger partial charge in [0.05, 0.1) is 12.7 Å². The number of halogens is 1. The molecule has 1 aromatic carbocycles. The van der Waals surface area contributed by atoms with Crippen LogP contribution in [0.15, 0.2) is 12.1 Å². The molecule has 1 N–H and O–H groups in total. The Balaban J connectivity index is 1.62. The van der Waals surface area contributed by atoms with Crippen LogP contribution in [-0.2, 0) is 17.6 Å².